The number of aliphatic hydroxyl groups excluding tert-OH is 2. The molecule has 0 aliphatic carbocycles. The van der Waals surface area contributed by atoms with Gasteiger partial charge in [-0.05, 0) is 70.6 Å². The molecule has 12 heteroatoms. The van der Waals surface area contributed by atoms with Gasteiger partial charge in [-0.25, -0.2) is 4.79 Å². The lowest BCUT2D eigenvalue weighted by molar-refractivity contribution is -0.301. The van der Waals surface area contributed by atoms with E-state index in [1.807, 2.05) is 0 Å². The fourth-order valence-corrected chi connectivity index (χ4v) is 7.42. The van der Waals surface area contributed by atoms with E-state index in [1.54, 1.807) is 0 Å². The second-order valence-corrected chi connectivity index (χ2v) is 17.4. The maximum absolute atomic E-state index is 13.0. The van der Waals surface area contributed by atoms with Gasteiger partial charge in [0.2, 0.25) is 0 Å². The fourth-order valence-electron chi connectivity index (χ4n) is 7.42. The summed E-state index contributed by atoms with van der Waals surface area (Å²) in [6, 6.07) is 0. The van der Waals surface area contributed by atoms with Gasteiger partial charge in [0, 0.05) is 19.3 Å². The summed E-state index contributed by atoms with van der Waals surface area (Å²) in [5, 5.41) is 31.3. The zero-order valence-electron chi connectivity index (χ0n) is 40.7. The first-order valence-corrected chi connectivity index (χ1v) is 25.6. The molecule has 65 heavy (non-hydrogen) atoms. The van der Waals surface area contributed by atoms with E-state index in [-0.39, 0.29) is 25.9 Å². The Morgan fingerprint density at radius 3 is 1.55 bits per heavy atom. The lowest BCUT2D eigenvalue weighted by Gasteiger charge is -2.40. The quantitative estimate of drug-likeness (QED) is 0.0229. The summed E-state index contributed by atoms with van der Waals surface area (Å²) in [5.41, 5.74) is 0. The molecule has 374 valence electrons. The molecule has 0 amide bonds. The molecule has 0 radical (unpaired) electrons. The lowest BCUT2D eigenvalue weighted by atomic mass is 9.98. The number of ether oxygens (including phenoxy) is 5. The SMILES string of the molecule is CC/C=C\C/C=C\C/C=C\CCCCCC(=O)OCC(COC1OC(C(=O)O)C(O)C(O)C1OC(=O)CCCCCCC/C=C\CCCC)OC(=O)CCCCCCCCCCCCC. The van der Waals surface area contributed by atoms with Crippen LogP contribution < -0.4 is 0 Å². The van der Waals surface area contributed by atoms with Crippen LogP contribution in [0.4, 0.5) is 0 Å². The highest BCUT2D eigenvalue weighted by Crippen LogP contribution is 2.26. The third kappa shape index (κ3) is 32.9. The molecule has 1 heterocycles. The maximum atomic E-state index is 13.0. The number of unbranched alkanes of at least 4 members (excludes halogenated alkanes) is 20. The molecule has 1 aliphatic rings. The van der Waals surface area contributed by atoms with Crippen LogP contribution in [0.15, 0.2) is 48.6 Å². The van der Waals surface area contributed by atoms with Gasteiger partial charge in [0.15, 0.2) is 24.6 Å². The van der Waals surface area contributed by atoms with E-state index in [0.29, 0.717) is 19.3 Å². The second-order valence-electron chi connectivity index (χ2n) is 17.4. The monoisotopic (exact) mass is 919 g/mol. The number of esters is 3. The van der Waals surface area contributed by atoms with Gasteiger partial charge < -0.3 is 39.0 Å². The van der Waals surface area contributed by atoms with Crippen LogP contribution in [0.2, 0.25) is 0 Å². The molecule has 6 unspecified atom stereocenters. The normalized spacial score (nSPS) is 19.4. The van der Waals surface area contributed by atoms with Crippen molar-refractivity contribution in [3.8, 4) is 0 Å². The van der Waals surface area contributed by atoms with E-state index >= 15 is 0 Å². The van der Waals surface area contributed by atoms with E-state index < -0.39 is 67.3 Å². The highest BCUT2D eigenvalue weighted by molar-refractivity contribution is 5.74. The van der Waals surface area contributed by atoms with Crippen molar-refractivity contribution in [2.75, 3.05) is 13.2 Å². The van der Waals surface area contributed by atoms with Gasteiger partial charge in [0.05, 0.1) is 6.61 Å². The number of rotatable bonds is 42. The number of aliphatic hydroxyl groups is 2. The van der Waals surface area contributed by atoms with Crippen LogP contribution in [-0.2, 0) is 42.9 Å². The summed E-state index contributed by atoms with van der Waals surface area (Å²) in [6.45, 7) is 5.76. The largest absolute Gasteiger partial charge is 0.479 e. The van der Waals surface area contributed by atoms with Crippen LogP contribution in [0.25, 0.3) is 0 Å². The Bertz CT molecular complexity index is 1330. The number of hydrogen-bond donors (Lipinski definition) is 3. The van der Waals surface area contributed by atoms with Crippen LogP contribution >= 0.6 is 0 Å². The number of carboxylic acid groups (broad SMARTS) is 1. The van der Waals surface area contributed by atoms with Crippen molar-refractivity contribution in [1.29, 1.82) is 0 Å². The fraction of sp³-hybridized carbons (Fsp3) is 0.774. The number of allylic oxidation sites excluding steroid dienone is 8. The molecule has 1 saturated heterocycles. The van der Waals surface area contributed by atoms with Crippen molar-refractivity contribution < 1.29 is 58.2 Å². The first kappa shape index (κ1) is 59.7. The van der Waals surface area contributed by atoms with E-state index in [2.05, 4.69) is 69.4 Å². The average molecular weight is 919 g/mol. The molecule has 0 saturated carbocycles. The summed E-state index contributed by atoms with van der Waals surface area (Å²) in [5.74, 6) is -3.17. The molecule has 12 nitrogen and oxygen atoms in total. The van der Waals surface area contributed by atoms with E-state index in [0.717, 1.165) is 96.3 Å². The number of hydrogen-bond acceptors (Lipinski definition) is 11. The van der Waals surface area contributed by atoms with E-state index in [1.165, 1.54) is 57.8 Å². The van der Waals surface area contributed by atoms with Crippen LogP contribution in [0, 0.1) is 0 Å². The Hall–Kier alpha value is -3.32. The molecule has 0 bridgehead atoms. The zero-order valence-corrected chi connectivity index (χ0v) is 40.7. The molecule has 0 aromatic carbocycles. The predicted octanol–water partition coefficient (Wildman–Crippen LogP) is 11.9. The Kier molecular flexibility index (Phi) is 38.6. The first-order valence-electron chi connectivity index (χ1n) is 25.6. The highest BCUT2D eigenvalue weighted by Gasteiger charge is 2.50. The van der Waals surface area contributed by atoms with E-state index in [4.69, 9.17) is 23.7 Å². The van der Waals surface area contributed by atoms with Gasteiger partial charge >= 0.3 is 23.9 Å². The van der Waals surface area contributed by atoms with Crippen LogP contribution in [-0.4, -0.2) is 89.2 Å². The average Bonchev–Trinajstić information content (AvgIpc) is 3.29. The van der Waals surface area contributed by atoms with Crippen molar-refractivity contribution in [2.45, 2.75) is 250 Å². The third-order valence-corrected chi connectivity index (χ3v) is 11.4. The van der Waals surface area contributed by atoms with Gasteiger partial charge in [-0.3, -0.25) is 14.4 Å². The van der Waals surface area contributed by atoms with Crippen molar-refractivity contribution in [1.82, 2.24) is 0 Å². The number of carbonyl (C=O) groups is 4. The minimum atomic E-state index is -1.90. The minimum Gasteiger partial charge on any atom is -0.479 e. The Morgan fingerprint density at radius 1 is 0.523 bits per heavy atom. The molecule has 1 fully saturated rings. The van der Waals surface area contributed by atoms with E-state index in [9.17, 15) is 34.5 Å². The van der Waals surface area contributed by atoms with Crippen molar-refractivity contribution in [3.05, 3.63) is 48.6 Å². The topological polar surface area (TPSA) is 175 Å². The Labute approximate surface area is 393 Å². The van der Waals surface area contributed by atoms with Crippen molar-refractivity contribution in [2.24, 2.45) is 0 Å². The smallest absolute Gasteiger partial charge is 0.335 e. The van der Waals surface area contributed by atoms with Crippen molar-refractivity contribution >= 4 is 23.9 Å². The van der Waals surface area contributed by atoms with Crippen LogP contribution in [0.5, 0.6) is 0 Å². The molecule has 6 atom stereocenters. The molecular formula is C53H90O12. The molecular weight excluding hydrogens is 829 g/mol. The van der Waals surface area contributed by atoms with Crippen LogP contribution in [0.1, 0.15) is 213 Å². The molecule has 0 aromatic heterocycles. The molecule has 3 N–H and O–H groups in total. The van der Waals surface area contributed by atoms with Gasteiger partial charge in [0.1, 0.15) is 18.8 Å². The maximum Gasteiger partial charge on any atom is 0.335 e. The number of carbonyl (C=O) groups excluding carboxylic acids is 3. The number of aliphatic carboxylic acids is 1. The van der Waals surface area contributed by atoms with Gasteiger partial charge in [-0.1, -0.05) is 172 Å². The Balaban J connectivity index is 2.76. The first-order chi connectivity index (χ1) is 31.6. The van der Waals surface area contributed by atoms with Gasteiger partial charge in [0.25, 0.3) is 0 Å². The summed E-state index contributed by atoms with van der Waals surface area (Å²) in [6.07, 6.45) is 35.4. The molecule has 1 aliphatic heterocycles. The van der Waals surface area contributed by atoms with Gasteiger partial charge in [-0.15, -0.1) is 0 Å². The summed E-state index contributed by atoms with van der Waals surface area (Å²) >= 11 is 0. The van der Waals surface area contributed by atoms with Crippen molar-refractivity contribution in [3.63, 3.8) is 0 Å². The summed E-state index contributed by atoms with van der Waals surface area (Å²) in [4.78, 5) is 50.7. The highest BCUT2D eigenvalue weighted by atomic mass is 16.7. The summed E-state index contributed by atoms with van der Waals surface area (Å²) < 4.78 is 28.2. The standard InChI is InChI=1S/C53H90O12/c1-4-7-10-13-16-19-22-23-26-27-30-33-36-39-45(54)61-42-44(63-46(55)40-37-34-31-28-24-20-17-14-11-8-5-2)43-62-53-51(49(58)48(57)50(65-53)52(59)60)64-47(56)41-38-35-32-29-25-21-18-15-12-9-6-3/h7,10,15-16,18-19,23,26,44,48-51,53,57-58H,4-6,8-9,11-14,17,20-22,24-25,27-43H2,1-3H3,(H,59,60)/b10-7-,18-15-,19-16-,26-23-. The lowest BCUT2D eigenvalue weighted by Crippen LogP contribution is -2.61. The van der Waals surface area contributed by atoms with Crippen LogP contribution in [0.3, 0.4) is 0 Å². The van der Waals surface area contributed by atoms with Gasteiger partial charge in [-0.2, -0.15) is 0 Å². The molecule has 0 aromatic rings. The predicted molar refractivity (Wildman–Crippen MR) is 257 cm³/mol. The third-order valence-electron chi connectivity index (χ3n) is 11.4. The molecule has 1 rings (SSSR count). The molecule has 0 spiro atoms. The second kappa shape index (κ2) is 42.1. The Morgan fingerprint density at radius 2 is 0.985 bits per heavy atom. The minimum absolute atomic E-state index is 0.0479. The number of carboxylic acids is 1. The summed E-state index contributed by atoms with van der Waals surface area (Å²) in [7, 11) is 0. The zero-order chi connectivity index (χ0) is 47.6.